The summed E-state index contributed by atoms with van der Waals surface area (Å²) >= 11 is 1.49. The van der Waals surface area contributed by atoms with Crippen LogP contribution in [0.25, 0.3) is 0 Å². The molecule has 0 bridgehead atoms. The first-order valence-electron chi connectivity index (χ1n) is 4.96. The Bertz CT molecular complexity index is 202. The minimum Gasteiger partial charge on any atom is -0.282 e. The van der Waals surface area contributed by atoms with Crippen molar-refractivity contribution in [1.29, 1.82) is 0 Å². The molecule has 1 aliphatic rings. The summed E-state index contributed by atoms with van der Waals surface area (Å²) in [5.74, 6) is 0.858. The average molecular weight is 198 g/mol. The van der Waals surface area contributed by atoms with Gasteiger partial charge in [-0.1, -0.05) is 25.3 Å². The van der Waals surface area contributed by atoms with Crippen LogP contribution in [0.15, 0.2) is 12.2 Å². The zero-order valence-corrected chi connectivity index (χ0v) is 9.32. The van der Waals surface area contributed by atoms with E-state index in [9.17, 15) is 4.79 Å². The maximum Gasteiger partial charge on any atom is 0.214 e. The minimum absolute atomic E-state index is 0.180. The van der Waals surface area contributed by atoms with Crippen LogP contribution in [-0.4, -0.2) is 10.4 Å². The van der Waals surface area contributed by atoms with Gasteiger partial charge < -0.3 is 0 Å². The summed E-state index contributed by atoms with van der Waals surface area (Å²) in [5.41, 5.74) is 0.684. The fraction of sp³-hybridized carbons (Fsp3) is 0.727. The van der Waals surface area contributed by atoms with E-state index in [1.165, 1.54) is 37.4 Å². The summed E-state index contributed by atoms with van der Waals surface area (Å²) in [7, 11) is 0. The van der Waals surface area contributed by atoms with Crippen molar-refractivity contribution in [2.45, 2.75) is 44.8 Å². The summed E-state index contributed by atoms with van der Waals surface area (Å²) in [6.45, 7) is 7.75. The number of rotatable bonds is 2. The molecule has 0 aromatic carbocycles. The molecule has 0 aromatic heterocycles. The van der Waals surface area contributed by atoms with Crippen molar-refractivity contribution >= 4 is 16.9 Å². The molecule has 1 saturated carbocycles. The number of carbonyl (C=O) groups is 1. The van der Waals surface area contributed by atoms with Crippen molar-refractivity contribution in [1.82, 2.24) is 0 Å². The van der Waals surface area contributed by atoms with Crippen molar-refractivity contribution < 1.29 is 4.79 Å². The van der Waals surface area contributed by atoms with E-state index in [2.05, 4.69) is 13.5 Å². The second-order valence-corrected chi connectivity index (χ2v) is 5.34. The van der Waals surface area contributed by atoms with Gasteiger partial charge in [-0.05, 0) is 44.1 Å². The molecule has 0 saturated heterocycles. The van der Waals surface area contributed by atoms with Crippen LogP contribution in [0.3, 0.4) is 0 Å². The summed E-state index contributed by atoms with van der Waals surface area (Å²) in [6.07, 6.45) is 4.96. The summed E-state index contributed by atoms with van der Waals surface area (Å²) < 4.78 is 0. The molecule has 1 fully saturated rings. The fourth-order valence-corrected chi connectivity index (χ4v) is 2.61. The Labute approximate surface area is 85.0 Å². The van der Waals surface area contributed by atoms with Crippen LogP contribution in [0.1, 0.15) is 39.5 Å². The summed E-state index contributed by atoms with van der Waals surface area (Å²) in [5, 5.41) is 0.736. The predicted octanol–water partition coefficient (Wildman–Crippen LogP) is 3.40. The molecule has 0 aromatic rings. The van der Waals surface area contributed by atoms with E-state index >= 15 is 0 Å². The van der Waals surface area contributed by atoms with Gasteiger partial charge in [0, 0.05) is 5.25 Å². The van der Waals surface area contributed by atoms with E-state index in [4.69, 9.17) is 0 Å². The van der Waals surface area contributed by atoms with Crippen molar-refractivity contribution in [3.8, 4) is 0 Å². The second kappa shape index (κ2) is 4.85. The highest BCUT2D eigenvalue weighted by Gasteiger charge is 2.21. The van der Waals surface area contributed by atoms with E-state index in [-0.39, 0.29) is 5.12 Å². The van der Waals surface area contributed by atoms with E-state index in [1.54, 1.807) is 6.92 Å². The van der Waals surface area contributed by atoms with E-state index in [1.807, 2.05) is 0 Å². The van der Waals surface area contributed by atoms with Gasteiger partial charge in [-0.15, -0.1) is 0 Å². The third kappa shape index (κ3) is 3.55. The lowest BCUT2D eigenvalue weighted by molar-refractivity contribution is -0.107. The highest BCUT2D eigenvalue weighted by molar-refractivity contribution is 8.14. The Kier molecular flexibility index (Phi) is 4.04. The first-order valence-corrected chi connectivity index (χ1v) is 5.84. The number of hydrogen-bond donors (Lipinski definition) is 0. The molecule has 0 heterocycles. The highest BCUT2D eigenvalue weighted by atomic mass is 32.2. The molecule has 1 rings (SSSR count). The Hall–Kier alpha value is -0.240. The van der Waals surface area contributed by atoms with Crippen LogP contribution in [0.2, 0.25) is 0 Å². The molecule has 1 nitrogen and oxygen atoms in total. The molecular weight excluding hydrogens is 180 g/mol. The molecule has 13 heavy (non-hydrogen) atoms. The molecule has 0 unspecified atom stereocenters. The van der Waals surface area contributed by atoms with Crippen molar-refractivity contribution in [2.75, 3.05) is 0 Å². The van der Waals surface area contributed by atoms with Gasteiger partial charge in [0.1, 0.15) is 0 Å². The smallest absolute Gasteiger partial charge is 0.214 e. The zero-order chi connectivity index (χ0) is 9.84. The maximum absolute atomic E-state index is 11.4. The lowest BCUT2D eigenvalue weighted by Gasteiger charge is -2.24. The molecular formula is C11H18OS. The second-order valence-electron chi connectivity index (χ2n) is 4.07. The van der Waals surface area contributed by atoms with Gasteiger partial charge in [0.05, 0.1) is 0 Å². The number of hydrogen-bond acceptors (Lipinski definition) is 2. The average Bonchev–Trinajstić information content (AvgIpc) is 2.08. The third-order valence-electron chi connectivity index (χ3n) is 2.59. The molecule has 0 amide bonds. The van der Waals surface area contributed by atoms with Gasteiger partial charge in [0.25, 0.3) is 0 Å². The summed E-state index contributed by atoms with van der Waals surface area (Å²) in [6, 6.07) is 0. The van der Waals surface area contributed by atoms with Crippen molar-refractivity contribution in [3.05, 3.63) is 12.2 Å². The van der Waals surface area contributed by atoms with E-state index in [0.717, 1.165) is 5.92 Å². The number of carbonyl (C=O) groups excluding carboxylic acids is 1. The molecule has 0 aliphatic heterocycles. The molecule has 0 spiro atoms. The summed E-state index contributed by atoms with van der Waals surface area (Å²) in [4.78, 5) is 11.4. The van der Waals surface area contributed by atoms with E-state index < -0.39 is 0 Å². The quantitative estimate of drug-likeness (QED) is 0.633. The highest BCUT2D eigenvalue weighted by Crippen LogP contribution is 2.32. The van der Waals surface area contributed by atoms with Crippen LogP contribution in [0, 0.1) is 5.92 Å². The molecule has 2 heteroatoms. The van der Waals surface area contributed by atoms with Crippen LogP contribution in [-0.2, 0) is 4.79 Å². The Morgan fingerprint density at radius 3 is 2.31 bits per heavy atom. The van der Waals surface area contributed by atoms with Gasteiger partial charge in [0.2, 0.25) is 5.12 Å². The molecule has 0 N–H and O–H groups in total. The minimum atomic E-state index is 0.180. The molecule has 74 valence electrons. The van der Waals surface area contributed by atoms with Gasteiger partial charge in [-0.2, -0.15) is 0 Å². The molecule has 0 radical (unpaired) electrons. The topological polar surface area (TPSA) is 17.1 Å². The first-order chi connectivity index (χ1) is 6.09. The maximum atomic E-state index is 11.4. The first kappa shape index (κ1) is 10.8. The van der Waals surface area contributed by atoms with Crippen LogP contribution < -0.4 is 0 Å². The van der Waals surface area contributed by atoms with Gasteiger partial charge in [-0.25, -0.2) is 0 Å². The number of thioether (sulfide) groups is 1. The monoisotopic (exact) mass is 198 g/mol. The Morgan fingerprint density at radius 2 is 1.85 bits per heavy atom. The third-order valence-corrected chi connectivity index (χ3v) is 3.95. The fourth-order valence-electron chi connectivity index (χ4n) is 1.60. The zero-order valence-electron chi connectivity index (χ0n) is 8.51. The normalized spacial score (nSPS) is 28.5. The van der Waals surface area contributed by atoms with Crippen LogP contribution in [0.4, 0.5) is 0 Å². The van der Waals surface area contributed by atoms with Gasteiger partial charge >= 0.3 is 0 Å². The predicted molar refractivity (Wildman–Crippen MR) is 58.8 cm³/mol. The Balaban J connectivity index is 2.30. The Morgan fingerprint density at radius 1 is 1.31 bits per heavy atom. The lowest BCUT2D eigenvalue weighted by atomic mass is 9.91. The SMILES string of the molecule is C=C(C)C(=O)SC1CCC(C)CC1. The largest absolute Gasteiger partial charge is 0.282 e. The molecule has 0 atom stereocenters. The standard InChI is InChI=1S/C11H18OS/c1-8(2)11(12)13-10-6-4-9(3)5-7-10/h9-10H,1,4-7H2,2-3H3. The lowest BCUT2D eigenvalue weighted by Crippen LogP contribution is -2.16. The molecule has 1 aliphatic carbocycles. The van der Waals surface area contributed by atoms with Crippen molar-refractivity contribution in [3.63, 3.8) is 0 Å². The van der Waals surface area contributed by atoms with Crippen molar-refractivity contribution in [2.24, 2.45) is 5.92 Å². The van der Waals surface area contributed by atoms with Crippen LogP contribution >= 0.6 is 11.8 Å². The van der Waals surface area contributed by atoms with Gasteiger partial charge in [0.15, 0.2) is 0 Å². The van der Waals surface area contributed by atoms with Crippen LogP contribution in [0.5, 0.6) is 0 Å². The van der Waals surface area contributed by atoms with Gasteiger partial charge in [-0.3, -0.25) is 4.79 Å². The van der Waals surface area contributed by atoms with E-state index in [0.29, 0.717) is 10.8 Å².